The third-order valence-corrected chi connectivity index (χ3v) is 8.35. The zero-order chi connectivity index (χ0) is 32.1. The number of ketones is 2. The fraction of sp³-hybridized carbons (Fsp3) is 0.727. The van der Waals surface area contributed by atoms with Crippen LogP contribution in [0.5, 0.6) is 5.88 Å². The Hall–Kier alpha value is -2.52. The highest BCUT2D eigenvalue weighted by Crippen LogP contribution is 2.36. The zero-order valence-corrected chi connectivity index (χ0v) is 27.5. The minimum Gasteiger partial charge on any atom is -0.472 e. The summed E-state index contributed by atoms with van der Waals surface area (Å²) in [5.74, 6) is -1.88. The highest BCUT2D eigenvalue weighted by atomic mass is 35.5. The molecule has 1 N–H and O–H groups in total. The molecule has 43 heavy (non-hydrogen) atoms. The lowest BCUT2D eigenvalue weighted by atomic mass is 9.77. The summed E-state index contributed by atoms with van der Waals surface area (Å²) in [6, 6.07) is 2.44. The van der Waals surface area contributed by atoms with Gasteiger partial charge in [-0.05, 0) is 63.4 Å². The number of nitrogens with zero attached hydrogens (tertiary/aromatic N) is 2. The van der Waals surface area contributed by atoms with E-state index in [1.807, 2.05) is 27.7 Å². The summed E-state index contributed by atoms with van der Waals surface area (Å²) < 4.78 is 11.6. The fourth-order valence-electron chi connectivity index (χ4n) is 5.68. The van der Waals surface area contributed by atoms with Gasteiger partial charge in [-0.1, -0.05) is 45.7 Å². The van der Waals surface area contributed by atoms with E-state index in [4.69, 9.17) is 21.1 Å². The van der Waals surface area contributed by atoms with Crippen LogP contribution in [0.3, 0.4) is 0 Å². The summed E-state index contributed by atoms with van der Waals surface area (Å²) >= 11 is 5.97. The first-order valence-corrected chi connectivity index (χ1v) is 15.9. The second kappa shape index (κ2) is 14.5. The number of pyridine rings is 1. The van der Waals surface area contributed by atoms with Gasteiger partial charge in [-0.25, -0.2) is 4.98 Å². The first kappa shape index (κ1) is 35.0. The number of esters is 1. The molecule has 10 heteroatoms. The highest BCUT2D eigenvalue weighted by molar-refractivity contribution is 6.30. The van der Waals surface area contributed by atoms with Gasteiger partial charge >= 0.3 is 5.97 Å². The van der Waals surface area contributed by atoms with Crippen LogP contribution in [-0.4, -0.2) is 68.8 Å². The van der Waals surface area contributed by atoms with Gasteiger partial charge < -0.3 is 19.5 Å². The molecule has 1 aromatic rings. The van der Waals surface area contributed by atoms with Crippen molar-refractivity contribution in [1.82, 2.24) is 9.88 Å². The molecule has 1 aliphatic heterocycles. The lowest BCUT2D eigenvalue weighted by Crippen LogP contribution is -2.48. The number of rotatable bonds is 14. The molecule has 0 bridgehead atoms. The lowest BCUT2D eigenvalue weighted by Gasteiger charge is -2.35. The van der Waals surface area contributed by atoms with Gasteiger partial charge in [0.2, 0.25) is 11.8 Å². The smallest absolute Gasteiger partial charge is 0.307 e. The molecule has 0 aromatic carbocycles. The van der Waals surface area contributed by atoms with E-state index >= 15 is 0 Å². The summed E-state index contributed by atoms with van der Waals surface area (Å²) in [5.41, 5.74) is -1.31. The van der Waals surface area contributed by atoms with Crippen LogP contribution in [0, 0.1) is 23.2 Å². The minimum absolute atomic E-state index is 0.0297. The van der Waals surface area contributed by atoms with Crippen LogP contribution in [-0.2, 0) is 23.9 Å². The monoisotopic (exact) mass is 620 g/mol. The molecule has 3 rings (SSSR count). The minimum atomic E-state index is -1.21. The van der Waals surface area contributed by atoms with Gasteiger partial charge in [0.1, 0.15) is 17.8 Å². The molecule has 1 amide bonds. The van der Waals surface area contributed by atoms with Crippen molar-refractivity contribution in [2.45, 2.75) is 124 Å². The van der Waals surface area contributed by atoms with Crippen molar-refractivity contribution in [2.75, 3.05) is 6.54 Å². The Morgan fingerprint density at radius 2 is 1.77 bits per heavy atom. The number of carbonyl (C=O) groups is 4. The molecule has 0 radical (unpaired) electrons. The van der Waals surface area contributed by atoms with Crippen molar-refractivity contribution in [3.05, 3.63) is 23.4 Å². The lowest BCUT2D eigenvalue weighted by molar-refractivity contribution is -0.161. The van der Waals surface area contributed by atoms with E-state index in [-0.39, 0.29) is 43.3 Å². The van der Waals surface area contributed by atoms with E-state index in [9.17, 15) is 24.3 Å². The normalized spacial score (nSPS) is 21.2. The maximum Gasteiger partial charge on any atom is 0.307 e. The number of aliphatic hydroxyl groups is 1. The zero-order valence-electron chi connectivity index (χ0n) is 26.7. The molecule has 240 valence electrons. The van der Waals surface area contributed by atoms with Gasteiger partial charge in [0, 0.05) is 31.5 Å². The number of hydrogen-bond donors (Lipinski definition) is 1. The average Bonchev–Trinajstić information content (AvgIpc) is 3.61. The van der Waals surface area contributed by atoms with E-state index < -0.39 is 47.1 Å². The van der Waals surface area contributed by atoms with Crippen LogP contribution in [0.1, 0.15) is 99.8 Å². The quantitative estimate of drug-likeness (QED) is 0.267. The van der Waals surface area contributed by atoms with Crippen LogP contribution in [0.4, 0.5) is 0 Å². The molecule has 1 aromatic heterocycles. The van der Waals surface area contributed by atoms with Crippen LogP contribution in [0.25, 0.3) is 0 Å². The second-order valence-corrected chi connectivity index (χ2v) is 14.7. The van der Waals surface area contributed by atoms with Crippen molar-refractivity contribution in [3.8, 4) is 5.88 Å². The van der Waals surface area contributed by atoms with Crippen molar-refractivity contribution >= 4 is 35.0 Å². The number of amides is 1. The molecular weight excluding hydrogens is 572 g/mol. The Bertz CT molecular complexity index is 1140. The third-order valence-electron chi connectivity index (χ3n) is 8.13. The standard InChI is InChI=1S/C33H49ClN2O7/c1-8-9-21(30(40)27(38)14-20-10-11-20)15-26(37)25-16-23(42-28-13-12-22(34)18-35-28)19-36(25)31(41)24(32(2,3)4)17-29(39)43-33(5,6)7/h12-13,18,20-21,23-25,30,40H,8-11,14-17,19H2,1-7H3/t21-,23-,24-,25+,30?/m1/s1. The number of ether oxygens (including phenoxy) is 2. The predicted molar refractivity (Wildman–Crippen MR) is 164 cm³/mol. The maximum absolute atomic E-state index is 14.2. The van der Waals surface area contributed by atoms with Gasteiger partial charge in [-0.15, -0.1) is 0 Å². The van der Waals surface area contributed by atoms with E-state index in [0.717, 1.165) is 12.8 Å². The molecule has 2 heterocycles. The number of carbonyl (C=O) groups excluding carboxylic acids is 4. The van der Waals surface area contributed by atoms with Crippen LogP contribution >= 0.6 is 11.6 Å². The topological polar surface area (TPSA) is 123 Å². The number of hydrogen-bond acceptors (Lipinski definition) is 8. The summed E-state index contributed by atoms with van der Waals surface area (Å²) in [4.78, 5) is 59.5. The van der Waals surface area contributed by atoms with E-state index in [0.29, 0.717) is 36.1 Å². The first-order valence-electron chi connectivity index (χ1n) is 15.5. The number of halogens is 1. The number of aromatic nitrogens is 1. The Labute approximate surface area is 261 Å². The molecule has 5 atom stereocenters. The molecule has 1 saturated carbocycles. The molecule has 1 aliphatic carbocycles. The van der Waals surface area contributed by atoms with Gasteiger partial charge in [0.15, 0.2) is 11.6 Å². The van der Waals surface area contributed by atoms with Crippen LogP contribution in [0.2, 0.25) is 5.02 Å². The van der Waals surface area contributed by atoms with Gasteiger partial charge in [-0.3, -0.25) is 19.2 Å². The summed E-state index contributed by atoms with van der Waals surface area (Å²) in [5, 5.41) is 11.4. The summed E-state index contributed by atoms with van der Waals surface area (Å²) in [7, 11) is 0. The van der Waals surface area contributed by atoms with E-state index in [1.165, 1.54) is 11.1 Å². The van der Waals surface area contributed by atoms with E-state index in [1.54, 1.807) is 32.9 Å². The summed E-state index contributed by atoms with van der Waals surface area (Å²) in [6.45, 7) is 13.1. The molecule has 9 nitrogen and oxygen atoms in total. The fourth-order valence-corrected chi connectivity index (χ4v) is 5.79. The molecule has 1 unspecified atom stereocenters. The third kappa shape index (κ3) is 10.6. The highest BCUT2D eigenvalue weighted by Gasteiger charge is 2.46. The number of aliphatic hydroxyl groups excluding tert-OH is 1. The summed E-state index contributed by atoms with van der Waals surface area (Å²) in [6.07, 6.45) is 3.34. The largest absolute Gasteiger partial charge is 0.472 e. The van der Waals surface area contributed by atoms with Crippen LogP contribution < -0.4 is 4.74 Å². The van der Waals surface area contributed by atoms with Gasteiger partial charge in [-0.2, -0.15) is 0 Å². The first-order chi connectivity index (χ1) is 20.0. The Balaban J connectivity index is 1.85. The van der Waals surface area contributed by atoms with Crippen LogP contribution in [0.15, 0.2) is 18.3 Å². The number of likely N-dealkylation sites (tertiary alicyclic amines) is 1. The van der Waals surface area contributed by atoms with Crippen molar-refractivity contribution in [3.63, 3.8) is 0 Å². The predicted octanol–water partition coefficient (Wildman–Crippen LogP) is 5.58. The molecular formula is C33H49ClN2O7. The van der Waals surface area contributed by atoms with E-state index in [2.05, 4.69) is 4.98 Å². The average molecular weight is 621 g/mol. The molecule has 2 fully saturated rings. The van der Waals surface area contributed by atoms with Crippen molar-refractivity contribution < 1.29 is 33.8 Å². The maximum atomic E-state index is 14.2. The number of Topliss-reactive ketones (excluding diaryl/α,β-unsaturated/α-hetero) is 2. The molecule has 0 spiro atoms. The van der Waals surface area contributed by atoms with Gasteiger partial charge in [0.25, 0.3) is 0 Å². The van der Waals surface area contributed by atoms with Gasteiger partial charge in [0.05, 0.1) is 29.9 Å². The SMILES string of the molecule is CCC[C@H](CC(=O)[C@@H]1C[C@@H](Oc2ccc(Cl)cn2)CN1C(=O)[C@@H](CC(=O)OC(C)(C)C)C(C)(C)C)C(O)C(=O)CC1CC1. The van der Waals surface area contributed by atoms with Crippen molar-refractivity contribution in [1.29, 1.82) is 0 Å². The molecule has 2 aliphatic rings. The second-order valence-electron chi connectivity index (χ2n) is 14.3. The Kier molecular flexibility index (Phi) is 11.8. The molecule has 1 saturated heterocycles. The Morgan fingerprint density at radius 1 is 1.09 bits per heavy atom. The Morgan fingerprint density at radius 3 is 2.30 bits per heavy atom. The van der Waals surface area contributed by atoms with Crippen molar-refractivity contribution in [2.24, 2.45) is 23.2 Å².